The number of rotatable bonds is 5. The van der Waals surface area contributed by atoms with Gasteiger partial charge in [0.2, 0.25) is 0 Å². The van der Waals surface area contributed by atoms with Crippen molar-refractivity contribution in [3.8, 4) is 0 Å². The second kappa shape index (κ2) is 7.97. The molecule has 1 N–H and O–H groups in total. The summed E-state index contributed by atoms with van der Waals surface area (Å²) < 4.78 is 42.3. The molecule has 0 aromatic heterocycles. The van der Waals surface area contributed by atoms with Gasteiger partial charge in [-0.15, -0.1) is 0 Å². The summed E-state index contributed by atoms with van der Waals surface area (Å²) in [5.74, 6) is -0.265. The Morgan fingerprint density at radius 3 is 2.45 bits per heavy atom. The van der Waals surface area contributed by atoms with Crippen LogP contribution in [0.4, 0.5) is 13.2 Å². The van der Waals surface area contributed by atoms with Crippen molar-refractivity contribution in [2.45, 2.75) is 5.07 Å². The summed E-state index contributed by atoms with van der Waals surface area (Å²) in [6, 6.07) is 5.61. The van der Waals surface area contributed by atoms with Gasteiger partial charge >= 0.3 is 133 Å². The molecule has 0 saturated carbocycles. The van der Waals surface area contributed by atoms with Crippen molar-refractivity contribution in [1.82, 2.24) is 10.2 Å². The van der Waals surface area contributed by atoms with Crippen molar-refractivity contribution in [2.24, 2.45) is 0 Å². The van der Waals surface area contributed by atoms with Gasteiger partial charge in [0.05, 0.1) is 0 Å². The first-order valence-electron chi connectivity index (χ1n) is 6.88. The zero-order chi connectivity index (χ0) is 16.0. The molecule has 0 unspecified atom stereocenters. The van der Waals surface area contributed by atoms with Crippen LogP contribution in [0, 0.1) is 0 Å². The third-order valence-electron chi connectivity index (χ3n) is 3.17. The van der Waals surface area contributed by atoms with Gasteiger partial charge in [0.1, 0.15) is 0 Å². The molecule has 0 bridgehead atoms. The van der Waals surface area contributed by atoms with Crippen LogP contribution in [0.1, 0.15) is 10.4 Å². The third-order valence-corrected chi connectivity index (χ3v) is 4.72. The number of halogens is 3. The first kappa shape index (κ1) is 17.3. The minimum absolute atomic E-state index is 0.213. The van der Waals surface area contributed by atoms with Crippen molar-refractivity contribution in [2.75, 3.05) is 39.4 Å². The fourth-order valence-electron chi connectivity index (χ4n) is 2.06. The Labute approximate surface area is 133 Å². The third kappa shape index (κ3) is 5.96. The van der Waals surface area contributed by atoms with Gasteiger partial charge in [-0.1, -0.05) is 0 Å². The van der Waals surface area contributed by atoms with E-state index in [1.54, 1.807) is 0 Å². The molecule has 0 aliphatic carbocycles. The molecule has 1 fully saturated rings. The van der Waals surface area contributed by atoms with Crippen LogP contribution >= 0.6 is 0 Å². The SMILES string of the molecule is O=C(NCCN1CCOCC1)c1ccc([Se]C(F)(F)F)cc1. The van der Waals surface area contributed by atoms with E-state index in [1.807, 2.05) is 0 Å². The van der Waals surface area contributed by atoms with E-state index in [9.17, 15) is 18.0 Å². The Morgan fingerprint density at radius 1 is 1.23 bits per heavy atom. The van der Waals surface area contributed by atoms with Gasteiger partial charge in [-0.25, -0.2) is 0 Å². The number of carbonyl (C=O) groups excluding carboxylic acids is 1. The van der Waals surface area contributed by atoms with E-state index in [0.29, 0.717) is 25.3 Å². The number of carbonyl (C=O) groups is 1. The fraction of sp³-hybridized carbons (Fsp3) is 0.500. The quantitative estimate of drug-likeness (QED) is 0.760. The van der Waals surface area contributed by atoms with Gasteiger partial charge in [0.25, 0.3) is 0 Å². The summed E-state index contributed by atoms with van der Waals surface area (Å²) >= 11 is -1.57. The maximum atomic E-state index is 12.3. The topological polar surface area (TPSA) is 41.6 Å². The molecular weight excluding hydrogens is 364 g/mol. The van der Waals surface area contributed by atoms with Crippen LogP contribution in [0.5, 0.6) is 0 Å². The van der Waals surface area contributed by atoms with Gasteiger partial charge in [0.15, 0.2) is 0 Å². The number of benzene rings is 1. The van der Waals surface area contributed by atoms with Crippen molar-refractivity contribution < 1.29 is 22.7 Å². The van der Waals surface area contributed by atoms with E-state index in [4.69, 9.17) is 4.74 Å². The van der Waals surface area contributed by atoms with Crippen molar-refractivity contribution in [1.29, 1.82) is 0 Å². The summed E-state index contributed by atoms with van der Waals surface area (Å²) in [4.78, 5) is 14.1. The van der Waals surface area contributed by atoms with Gasteiger partial charge in [-0.2, -0.15) is 0 Å². The predicted octanol–water partition coefficient (Wildman–Crippen LogP) is 0.598. The number of amides is 1. The fourth-order valence-corrected chi connectivity index (χ4v) is 3.19. The molecule has 2 rings (SSSR count). The molecule has 0 radical (unpaired) electrons. The molecule has 1 amide bonds. The van der Waals surface area contributed by atoms with E-state index in [0.717, 1.165) is 19.6 Å². The van der Waals surface area contributed by atoms with Crippen LogP contribution in [0.2, 0.25) is 0 Å². The number of morpholine rings is 1. The molecule has 1 aromatic rings. The molecular formula is C14H17F3N2O2Se. The van der Waals surface area contributed by atoms with E-state index in [1.165, 1.54) is 24.3 Å². The second-order valence-electron chi connectivity index (χ2n) is 4.78. The van der Waals surface area contributed by atoms with Crippen LogP contribution in [-0.4, -0.2) is 70.2 Å². The predicted molar refractivity (Wildman–Crippen MR) is 77.5 cm³/mol. The van der Waals surface area contributed by atoms with Crippen molar-refractivity contribution in [3.05, 3.63) is 29.8 Å². The van der Waals surface area contributed by atoms with Gasteiger partial charge in [0, 0.05) is 0 Å². The van der Waals surface area contributed by atoms with Crippen LogP contribution in [0.15, 0.2) is 24.3 Å². The Kier molecular flexibility index (Phi) is 6.25. The molecule has 0 spiro atoms. The first-order chi connectivity index (χ1) is 10.4. The average molecular weight is 381 g/mol. The molecule has 0 atom stereocenters. The minimum atomic E-state index is -4.17. The van der Waals surface area contributed by atoms with Gasteiger partial charge in [-0.05, 0) is 0 Å². The van der Waals surface area contributed by atoms with Crippen LogP contribution < -0.4 is 9.78 Å². The van der Waals surface area contributed by atoms with Crippen molar-refractivity contribution >= 4 is 25.3 Å². The Bertz CT molecular complexity index is 488. The van der Waals surface area contributed by atoms with E-state index >= 15 is 0 Å². The van der Waals surface area contributed by atoms with Gasteiger partial charge < -0.3 is 0 Å². The number of hydrogen-bond donors (Lipinski definition) is 1. The number of nitrogens with zero attached hydrogens (tertiary/aromatic N) is 1. The number of ether oxygens (including phenoxy) is 1. The molecule has 8 heteroatoms. The number of alkyl halides is 3. The molecule has 1 aliphatic heterocycles. The van der Waals surface area contributed by atoms with E-state index < -0.39 is 20.0 Å². The average Bonchev–Trinajstić information content (AvgIpc) is 2.47. The number of hydrogen-bond acceptors (Lipinski definition) is 3. The Balaban J connectivity index is 1.77. The summed E-state index contributed by atoms with van der Waals surface area (Å²) in [7, 11) is 0. The molecule has 1 aromatic carbocycles. The van der Waals surface area contributed by atoms with Crippen LogP contribution in [0.25, 0.3) is 0 Å². The summed E-state index contributed by atoms with van der Waals surface area (Å²) in [6.07, 6.45) is 0. The van der Waals surface area contributed by atoms with Crippen LogP contribution in [-0.2, 0) is 4.74 Å². The molecule has 1 aliphatic rings. The zero-order valence-corrected chi connectivity index (χ0v) is 13.6. The summed E-state index contributed by atoms with van der Waals surface area (Å²) in [6.45, 7) is 4.36. The molecule has 22 heavy (non-hydrogen) atoms. The van der Waals surface area contributed by atoms with E-state index in [-0.39, 0.29) is 10.4 Å². The maximum absolute atomic E-state index is 12.3. The van der Waals surface area contributed by atoms with E-state index in [2.05, 4.69) is 10.2 Å². The Hall–Kier alpha value is -1.08. The monoisotopic (exact) mass is 382 g/mol. The normalized spacial score (nSPS) is 16.5. The Morgan fingerprint density at radius 2 is 1.86 bits per heavy atom. The van der Waals surface area contributed by atoms with Gasteiger partial charge in [-0.3, -0.25) is 0 Å². The van der Waals surface area contributed by atoms with Crippen LogP contribution in [0.3, 0.4) is 0 Å². The molecule has 1 heterocycles. The second-order valence-corrected chi connectivity index (χ2v) is 7.17. The molecule has 122 valence electrons. The first-order valence-corrected chi connectivity index (χ1v) is 8.59. The summed E-state index contributed by atoms with van der Waals surface area (Å²) in [5, 5.41) is -1.40. The molecule has 1 saturated heterocycles. The standard InChI is InChI=1S/C14H17F3N2O2Se/c15-14(16,17)22-12-3-1-11(2-4-12)13(20)18-5-6-19-7-9-21-10-8-19/h1-4H,5-10H2,(H,18,20). The zero-order valence-electron chi connectivity index (χ0n) is 11.9. The molecule has 4 nitrogen and oxygen atoms in total. The van der Waals surface area contributed by atoms with Crippen molar-refractivity contribution in [3.63, 3.8) is 0 Å². The number of nitrogens with one attached hydrogen (secondary N) is 1. The summed E-state index contributed by atoms with van der Waals surface area (Å²) in [5.41, 5.74) is 0.378.